The molecular formula is C38H24F38O6. The largest absolute Gasteiger partial charge is 0.460 e. The van der Waals surface area contributed by atoms with Crippen molar-refractivity contribution >= 4 is 11.9 Å². The van der Waals surface area contributed by atoms with Crippen LogP contribution in [0.2, 0.25) is 0 Å². The van der Waals surface area contributed by atoms with E-state index >= 15 is 0 Å². The van der Waals surface area contributed by atoms with Crippen molar-refractivity contribution in [1.29, 1.82) is 0 Å². The van der Waals surface area contributed by atoms with Gasteiger partial charge >= 0.3 is 108 Å². The monoisotopic (exact) mass is 1300 g/mol. The van der Waals surface area contributed by atoms with Gasteiger partial charge in [-0.3, -0.25) is 0 Å². The fourth-order valence-corrected chi connectivity index (χ4v) is 6.05. The first kappa shape index (κ1) is 74.9. The van der Waals surface area contributed by atoms with E-state index in [2.05, 4.69) is 32.1 Å². The Bertz CT molecular complexity index is 2240. The predicted molar refractivity (Wildman–Crippen MR) is 186 cm³/mol. The minimum atomic E-state index is -8.75. The van der Waals surface area contributed by atoms with Gasteiger partial charge in [-0.2, -0.15) is 167 Å². The third-order valence-corrected chi connectivity index (χ3v) is 10.5. The topological polar surface area (TPSA) is 71.1 Å². The smallest absolute Gasteiger partial charge is 0.456 e. The molecule has 0 radical (unpaired) electrons. The number of halogens is 38. The zero-order chi connectivity index (χ0) is 66.1. The van der Waals surface area contributed by atoms with Crippen LogP contribution in [0, 0.1) is 0 Å². The number of benzene rings is 1. The van der Waals surface area contributed by atoms with Crippen LogP contribution in [0.1, 0.15) is 37.8 Å². The Kier molecular flexibility index (Phi) is 20.2. The Labute approximate surface area is 427 Å². The van der Waals surface area contributed by atoms with E-state index in [-0.39, 0.29) is 13.8 Å². The van der Waals surface area contributed by atoms with Crippen LogP contribution in [0.25, 0.3) is 0 Å². The molecule has 1 rings (SSSR count). The molecule has 0 heterocycles. The van der Waals surface area contributed by atoms with E-state index in [1.54, 1.807) is 0 Å². The zero-order valence-electron chi connectivity index (χ0n) is 38.5. The first-order valence-corrected chi connectivity index (χ1v) is 19.8. The number of hydrogen-bond acceptors (Lipinski definition) is 6. The summed E-state index contributed by atoms with van der Waals surface area (Å²) in [6.07, 6.45) is -63.2. The van der Waals surface area contributed by atoms with Gasteiger partial charge in [0.15, 0.2) is 0 Å². The molecule has 2 atom stereocenters. The molecule has 0 saturated carbocycles. The molecular weight excluding hydrogens is 1270 g/mol. The molecule has 0 bridgehead atoms. The van der Waals surface area contributed by atoms with Gasteiger partial charge in [-0.15, -0.1) is 0 Å². The fourth-order valence-electron chi connectivity index (χ4n) is 6.05. The van der Waals surface area contributed by atoms with Crippen LogP contribution in [0.4, 0.5) is 167 Å². The molecule has 0 aliphatic rings. The van der Waals surface area contributed by atoms with Gasteiger partial charge in [0.25, 0.3) is 11.2 Å². The van der Waals surface area contributed by atoms with Gasteiger partial charge in [0, 0.05) is 22.3 Å². The van der Waals surface area contributed by atoms with Crippen LogP contribution in [0.5, 0.6) is 0 Å². The lowest BCUT2D eigenvalue weighted by Gasteiger charge is -2.41. The number of carbonyl (C=O) groups excluding carboxylic acids is 2. The van der Waals surface area contributed by atoms with Crippen LogP contribution in [-0.2, 0) is 39.7 Å². The summed E-state index contributed by atoms with van der Waals surface area (Å²) >= 11 is 0. The lowest BCUT2D eigenvalue weighted by molar-refractivity contribution is -0.441. The quantitative estimate of drug-likeness (QED) is 0.0584. The van der Waals surface area contributed by atoms with Crippen LogP contribution >= 0.6 is 0 Å². The van der Waals surface area contributed by atoms with Crippen molar-refractivity contribution in [3.05, 3.63) is 59.7 Å². The van der Waals surface area contributed by atoms with Gasteiger partial charge in [0.05, 0.1) is 26.1 Å². The molecule has 0 aliphatic heterocycles. The van der Waals surface area contributed by atoms with E-state index in [0.29, 0.717) is 0 Å². The van der Waals surface area contributed by atoms with E-state index in [1.165, 1.54) is 0 Å². The Morgan fingerprint density at radius 2 is 0.537 bits per heavy atom. The second kappa shape index (κ2) is 22.1. The molecule has 0 fully saturated rings. The predicted octanol–water partition coefficient (Wildman–Crippen LogP) is 15.6. The number of alkyl halides is 38. The second-order valence-electron chi connectivity index (χ2n) is 16.6. The summed E-state index contributed by atoms with van der Waals surface area (Å²) in [5.74, 6) is -89.0. The first-order valence-electron chi connectivity index (χ1n) is 19.8. The molecule has 0 aromatic heterocycles. The fraction of sp³-hybridized carbons (Fsp3) is 0.684. The Balaban J connectivity index is 4.31. The lowest BCUT2D eigenvalue weighted by Crippen LogP contribution is -2.70. The van der Waals surface area contributed by atoms with Crippen LogP contribution < -0.4 is 0 Å². The molecule has 0 amide bonds. The van der Waals surface area contributed by atoms with Crippen molar-refractivity contribution < 1.29 is 195 Å². The molecule has 1 aromatic rings. The van der Waals surface area contributed by atoms with Crippen LogP contribution in [0.3, 0.4) is 0 Å². The standard InChI is InChI=1S/C38H24F38O6/c1-13(2)19(77)81-17(9-21(39,40)25(43,44)27(47,48)29(51,52)31(55,56)37(71,72)73)11-79-23(33(59,60)61,34(62,63)64)15-5-7-16(8-6-15)24(35(65,66)67,36(68,69)70)80-12-18(82-20(78)14(3)4)10-22(41,42)26(45,46)28(49,50)30(53,54)32(57,58)38(74,75)76/h5-8,17-18H,1,3,9-12H2,2,4H3. The van der Waals surface area contributed by atoms with Gasteiger partial charge in [0.2, 0.25) is 0 Å². The molecule has 0 saturated heterocycles. The molecule has 1 aromatic carbocycles. The lowest BCUT2D eigenvalue weighted by atomic mass is 9.86. The van der Waals surface area contributed by atoms with Crippen molar-refractivity contribution in [3.63, 3.8) is 0 Å². The number of ether oxygens (including phenoxy) is 4. The van der Waals surface area contributed by atoms with Gasteiger partial charge in [-0.05, 0) is 13.8 Å². The molecule has 2 unspecified atom stereocenters. The molecule has 6 nitrogen and oxygen atoms in total. The van der Waals surface area contributed by atoms with Crippen molar-refractivity contribution in [1.82, 2.24) is 0 Å². The van der Waals surface area contributed by atoms with Crippen LogP contribution in [0.15, 0.2) is 48.6 Å². The maximum atomic E-state index is 14.9. The summed E-state index contributed by atoms with van der Waals surface area (Å²) < 4.78 is 548. The van der Waals surface area contributed by atoms with Gasteiger partial charge < -0.3 is 18.9 Å². The summed E-state index contributed by atoms with van der Waals surface area (Å²) in [7, 11) is 0. The molecule has 82 heavy (non-hydrogen) atoms. The summed E-state index contributed by atoms with van der Waals surface area (Å²) in [5, 5.41) is 0. The Morgan fingerprint density at radius 3 is 0.707 bits per heavy atom. The number of esters is 2. The summed E-state index contributed by atoms with van der Waals surface area (Å²) in [6, 6.07) is -5.28. The number of carbonyl (C=O) groups is 2. The van der Waals surface area contributed by atoms with Gasteiger partial charge in [0.1, 0.15) is 12.2 Å². The SMILES string of the molecule is C=C(C)C(=O)OC(COC(c1ccc(C(OCC(CC(F)(F)C(F)(F)C(F)(F)C(F)(F)C(F)(F)C(F)(F)F)OC(=O)C(=C)C)(C(F)(F)F)C(F)(F)F)cc1)(C(F)(F)F)C(F)(F)F)CC(F)(F)C(F)(F)C(F)(F)C(F)(F)C(F)(F)C(F)(F)F. The highest BCUT2D eigenvalue weighted by molar-refractivity contribution is 5.87. The van der Waals surface area contributed by atoms with E-state index in [1.807, 2.05) is 0 Å². The average molecular weight is 1300 g/mol. The summed E-state index contributed by atoms with van der Waals surface area (Å²) in [5.41, 5.74) is -22.5. The minimum absolute atomic E-state index is 0.287. The average Bonchev–Trinajstić information content (AvgIpc) is 3.23. The van der Waals surface area contributed by atoms with Crippen molar-refractivity contribution in [2.75, 3.05) is 13.2 Å². The summed E-state index contributed by atoms with van der Waals surface area (Å²) in [6.45, 7) is -1.21. The van der Waals surface area contributed by atoms with E-state index in [9.17, 15) is 176 Å². The number of rotatable bonds is 24. The first-order chi connectivity index (χ1) is 35.5. The minimum Gasteiger partial charge on any atom is -0.456 e. The maximum Gasteiger partial charge on any atom is 0.460 e. The Morgan fingerprint density at radius 1 is 0.341 bits per heavy atom. The van der Waals surface area contributed by atoms with Gasteiger partial charge in [-0.1, -0.05) is 37.4 Å². The number of hydrogen-bond donors (Lipinski definition) is 0. The third kappa shape index (κ3) is 12.5. The van der Waals surface area contributed by atoms with E-state index in [0.717, 1.165) is 0 Å². The summed E-state index contributed by atoms with van der Waals surface area (Å²) in [4.78, 5) is 24.1. The highest BCUT2D eigenvalue weighted by atomic mass is 19.5. The van der Waals surface area contributed by atoms with Crippen molar-refractivity contribution in [2.45, 2.75) is 146 Å². The van der Waals surface area contributed by atoms with Crippen molar-refractivity contribution in [2.24, 2.45) is 0 Å². The van der Waals surface area contributed by atoms with E-state index < -0.39 is 204 Å². The van der Waals surface area contributed by atoms with Crippen LogP contribution in [-0.4, -0.2) is 134 Å². The molecule has 0 N–H and O–H groups in total. The Hall–Kier alpha value is -5.10. The molecule has 44 heteroatoms. The zero-order valence-corrected chi connectivity index (χ0v) is 38.5. The maximum absolute atomic E-state index is 14.9. The third-order valence-electron chi connectivity index (χ3n) is 10.5. The second-order valence-corrected chi connectivity index (χ2v) is 16.6. The van der Waals surface area contributed by atoms with Gasteiger partial charge in [-0.25, -0.2) is 9.59 Å². The highest BCUT2D eigenvalue weighted by Crippen LogP contribution is 2.64. The van der Waals surface area contributed by atoms with E-state index in [4.69, 9.17) is 0 Å². The molecule has 0 spiro atoms. The highest BCUT2D eigenvalue weighted by Gasteiger charge is 2.92. The molecule has 0 aliphatic carbocycles. The molecule has 478 valence electrons. The van der Waals surface area contributed by atoms with Crippen molar-refractivity contribution in [3.8, 4) is 0 Å². The normalized spacial score (nSPS) is 16.2.